The second-order valence-electron chi connectivity index (χ2n) is 7.01. The molecule has 0 aromatic heterocycles. The van der Waals surface area contributed by atoms with Crippen LogP contribution in [0.25, 0.3) is 0 Å². The lowest BCUT2D eigenvalue weighted by Gasteiger charge is -2.28. The smallest absolute Gasteiger partial charge is 0.253 e. The van der Waals surface area contributed by atoms with Crippen molar-refractivity contribution < 1.29 is 9.59 Å². The lowest BCUT2D eigenvalue weighted by atomic mass is 9.85. The Bertz CT molecular complexity index is 565. The molecule has 1 heterocycles. The molecule has 5 heteroatoms. The van der Waals surface area contributed by atoms with Crippen LogP contribution < -0.4 is 16.0 Å². The minimum Gasteiger partial charge on any atom is -0.350 e. The number of anilines is 1. The Balaban J connectivity index is 1.97. The number of carbonyl (C=O) groups excluding carboxylic acids is 2. The summed E-state index contributed by atoms with van der Waals surface area (Å²) in [7, 11) is 0. The van der Waals surface area contributed by atoms with Gasteiger partial charge in [-0.25, -0.2) is 0 Å². The van der Waals surface area contributed by atoms with Gasteiger partial charge in [0, 0.05) is 12.5 Å². The summed E-state index contributed by atoms with van der Waals surface area (Å²) in [4.78, 5) is 24.7. The average Bonchev–Trinajstić information content (AvgIpc) is 2.55. The van der Waals surface area contributed by atoms with Gasteiger partial charge in [-0.2, -0.15) is 0 Å². The second-order valence-corrected chi connectivity index (χ2v) is 7.01. The molecular formula is C19H29N3O2. The summed E-state index contributed by atoms with van der Waals surface area (Å²) >= 11 is 0. The highest BCUT2D eigenvalue weighted by molar-refractivity contribution is 6.03. The van der Waals surface area contributed by atoms with Gasteiger partial charge >= 0.3 is 0 Å². The van der Waals surface area contributed by atoms with Crippen molar-refractivity contribution >= 4 is 17.5 Å². The molecule has 0 bridgehead atoms. The standard InChI is InChI=1S/C19H29N3O2/c1-13(2)21-19(24)16-8-4-5-9-17(16)22-18(23)11-14(3)15-7-6-10-20-12-15/h4-5,8-9,13-15,20H,6-7,10-12H2,1-3H3,(H,21,24)(H,22,23). The van der Waals surface area contributed by atoms with Crippen molar-refractivity contribution in [1.29, 1.82) is 0 Å². The van der Waals surface area contributed by atoms with E-state index in [9.17, 15) is 9.59 Å². The van der Waals surface area contributed by atoms with E-state index in [4.69, 9.17) is 0 Å². The van der Waals surface area contributed by atoms with Gasteiger partial charge in [0.25, 0.3) is 5.91 Å². The largest absolute Gasteiger partial charge is 0.350 e. The minimum atomic E-state index is -0.162. The van der Waals surface area contributed by atoms with E-state index in [1.807, 2.05) is 19.9 Å². The lowest BCUT2D eigenvalue weighted by Crippen LogP contribution is -2.34. The average molecular weight is 331 g/mol. The molecule has 1 aliphatic heterocycles. The van der Waals surface area contributed by atoms with Crippen molar-refractivity contribution in [1.82, 2.24) is 10.6 Å². The number of hydrogen-bond acceptors (Lipinski definition) is 3. The first kappa shape index (κ1) is 18.5. The Morgan fingerprint density at radius 2 is 2.00 bits per heavy atom. The van der Waals surface area contributed by atoms with Crippen LogP contribution in [0.5, 0.6) is 0 Å². The van der Waals surface area contributed by atoms with E-state index >= 15 is 0 Å². The molecular weight excluding hydrogens is 302 g/mol. The molecule has 1 aromatic carbocycles. The number of hydrogen-bond donors (Lipinski definition) is 3. The molecule has 3 N–H and O–H groups in total. The van der Waals surface area contributed by atoms with Crippen molar-refractivity contribution in [2.45, 2.75) is 46.1 Å². The number of amides is 2. The molecule has 1 saturated heterocycles. The van der Waals surface area contributed by atoms with Gasteiger partial charge < -0.3 is 16.0 Å². The molecule has 2 rings (SSSR count). The maximum absolute atomic E-state index is 12.4. The van der Waals surface area contributed by atoms with Crippen LogP contribution in [0.1, 0.15) is 50.4 Å². The molecule has 1 aliphatic rings. The zero-order valence-electron chi connectivity index (χ0n) is 14.9. The zero-order valence-corrected chi connectivity index (χ0v) is 14.9. The first-order chi connectivity index (χ1) is 11.5. The Labute approximate surface area is 144 Å². The SMILES string of the molecule is CC(C)NC(=O)c1ccccc1NC(=O)CC(C)C1CCCNC1. The maximum atomic E-state index is 12.4. The van der Waals surface area contributed by atoms with Crippen LogP contribution in [-0.4, -0.2) is 30.9 Å². The van der Waals surface area contributed by atoms with Crippen molar-refractivity contribution in [2.75, 3.05) is 18.4 Å². The fourth-order valence-electron chi connectivity index (χ4n) is 3.15. The van der Waals surface area contributed by atoms with Crippen molar-refractivity contribution in [3.63, 3.8) is 0 Å². The van der Waals surface area contributed by atoms with Gasteiger partial charge in [0.05, 0.1) is 11.3 Å². The minimum absolute atomic E-state index is 0.0297. The van der Waals surface area contributed by atoms with E-state index in [1.165, 1.54) is 12.8 Å². The third-order valence-electron chi connectivity index (χ3n) is 4.51. The summed E-state index contributed by atoms with van der Waals surface area (Å²) in [5.74, 6) is 0.682. The highest BCUT2D eigenvalue weighted by Gasteiger charge is 2.22. The molecule has 1 fully saturated rings. The van der Waals surface area contributed by atoms with Gasteiger partial charge in [0.15, 0.2) is 0 Å². The van der Waals surface area contributed by atoms with Crippen LogP contribution in [0.4, 0.5) is 5.69 Å². The molecule has 2 amide bonds. The number of rotatable bonds is 6. The van der Waals surface area contributed by atoms with E-state index in [0.29, 0.717) is 29.5 Å². The van der Waals surface area contributed by atoms with Gasteiger partial charge in [-0.05, 0) is 63.7 Å². The highest BCUT2D eigenvalue weighted by Crippen LogP contribution is 2.23. The molecule has 0 spiro atoms. The number of benzene rings is 1. The summed E-state index contributed by atoms with van der Waals surface area (Å²) in [6, 6.07) is 7.21. The summed E-state index contributed by atoms with van der Waals surface area (Å²) in [5.41, 5.74) is 1.08. The Hall–Kier alpha value is -1.88. The van der Waals surface area contributed by atoms with Crippen LogP contribution in [0.3, 0.4) is 0 Å². The number of para-hydroxylation sites is 1. The molecule has 5 nitrogen and oxygen atoms in total. The summed E-state index contributed by atoms with van der Waals surface area (Å²) in [6.45, 7) is 8.03. The molecule has 132 valence electrons. The molecule has 0 saturated carbocycles. The third-order valence-corrected chi connectivity index (χ3v) is 4.51. The van der Waals surface area contributed by atoms with Crippen LogP contribution in [0, 0.1) is 11.8 Å². The van der Waals surface area contributed by atoms with E-state index < -0.39 is 0 Å². The molecule has 1 aromatic rings. The van der Waals surface area contributed by atoms with Gasteiger partial charge in [-0.15, -0.1) is 0 Å². The zero-order chi connectivity index (χ0) is 17.5. The monoisotopic (exact) mass is 331 g/mol. The van der Waals surface area contributed by atoms with Crippen molar-refractivity contribution in [3.8, 4) is 0 Å². The van der Waals surface area contributed by atoms with E-state index in [-0.39, 0.29) is 17.9 Å². The van der Waals surface area contributed by atoms with Crippen LogP contribution in [-0.2, 0) is 4.79 Å². The van der Waals surface area contributed by atoms with E-state index in [0.717, 1.165) is 13.1 Å². The molecule has 2 atom stereocenters. The first-order valence-electron chi connectivity index (χ1n) is 8.88. The van der Waals surface area contributed by atoms with Crippen LogP contribution in [0.15, 0.2) is 24.3 Å². The van der Waals surface area contributed by atoms with Gasteiger partial charge in [-0.3, -0.25) is 9.59 Å². The highest BCUT2D eigenvalue weighted by atomic mass is 16.2. The summed E-state index contributed by atoms with van der Waals surface area (Å²) in [5, 5.41) is 9.18. The summed E-state index contributed by atoms with van der Waals surface area (Å²) in [6.07, 6.45) is 2.83. The van der Waals surface area contributed by atoms with Crippen LogP contribution >= 0.6 is 0 Å². The van der Waals surface area contributed by atoms with Crippen molar-refractivity contribution in [2.24, 2.45) is 11.8 Å². The quantitative estimate of drug-likeness (QED) is 0.751. The number of nitrogens with one attached hydrogen (secondary N) is 3. The number of piperidine rings is 1. The fraction of sp³-hybridized carbons (Fsp3) is 0.579. The molecule has 24 heavy (non-hydrogen) atoms. The van der Waals surface area contributed by atoms with E-state index in [2.05, 4.69) is 22.9 Å². The Kier molecular flexibility index (Phi) is 6.79. The van der Waals surface area contributed by atoms with Crippen LogP contribution in [0.2, 0.25) is 0 Å². The van der Waals surface area contributed by atoms with Gasteiger partial charge in [0.2, 0.25) is 5.91 Å². The van der Waals surface area contributed by atoms with E-state index in [1.54, 1.807) is 18.2 Å². The predicted molar refractivity (Wildman–Crippen MR) is 97.0 cm³/mol. The topological polar surface area (TPSA) is 70.2 Å². The fourth-order valence-corrected chi connectivity index (χ4v) is 3.15. The first-order valence-corrected chi connectivity index (χ1v) is 8.88. The van der Waals surface area contributed by atoms with Gasteiger partial charge in [-0.1, -0.05) is 19.1 Å². The Morgan fingerprint density at radius 1 is 1.25 bits per heavy atom. The maximum Gasteiger partial charge on any atom is 0.253 e. The number of carbonyl (C=O) groups is 2. The summed E-state index contributed by atoms with van der Waals surface area (Å²) < 4.78 is 0. The normalized spacial score (nSPS) is 18.9. The Morgan fingerprint density at radius 3 is 2.67 bits per heavy atom. The lowest BCUT2D eigenvalue weighted by molar-refractivity contribution is -0.117. The second kappa shape index (κ2) is 8.83. The van der Waals surface area contributed by atoms with Gasteiger partial charge in [0.1, 0.15) is 0 Å². The third kappa shape index (κ3) is 5.34. The molecule has 2 unspecified atom stereocenters. The van der Waals surface area contributed by atoms with Crippen molar-refractivity contribution in [3.05, 3.63) is 29.8 Å². The molecule has 0 aliphatic carbocycles. The predicted octanol–water partition coefficient (Wildman–Crippen LogP) is 2.79. The molecule has 0 radical (unpaired) electrons.